The molecule has 0 aliphatic rings. The molecule has 0 aliphatic heterocycles. The Morgan fingerprint density at radius 3 is 3.00 bits per heavy atom. The van der Waals surface area contributed by atoms with Crippen LogP contribution in [-0.2, 0) is 16.1 Å². The fourth-order valence-electron chi connectivity index (χ4n) is 1.27. The number of hydrogen-bond donors (Lipinski definition) is 1. The molecule has 0 atom stereocenters. The number of nitrogens with one attached hydrogen (secondary N) is 1. The molecule has 1 rings (SSSR count). The van der Waals surface area contributed by atoms with Gasteiger partial charge in [0.15, 0.2) is 0 Å². The van der Waals surface area contributed by atoms with Gasteiger partial charge in [-0.15, -0.1) is 5.10 Å². The molecule has 1 aromatic rings. The number of carbonyl (C=O) groups is 1. The van der Waals surface area contributed by atoms with Gasteiger partial charge in [-0.1, -0.05) is 5.21 Å². The molecular formula is C10H18N4O2. The number of amides is 1. The molecule has 0 saturated carbocycles. The molecule has 1 heterocycles. The van der Waals surface area contributed by atoms with Crippen LogP contribution in [0.15, 0.2) is 6.20 Å². The molecule has 16 heavy (non-hydrogen) atoms. The Morgan fingerprint density at radius 1 is 1.62 bits per heavy atom. The van der Waals surface area contributed by atoms with E-state index < -0.39 is 0 Å². The second kappa shape index (κ2) is 6.22. The number of nitrogens with zero attached hydrogens (tertiary/aromatic N) is 3. The maximum atomic E-state index is 10.9. The monoisotopic (exact) mass is 226 g/mol. The zero-order valence-corrected chi connectivity index (χ0v) is 9.93. The largest absolute Gasteiger partial charge is 0.375 e. The van der Waals surface area contributed by atoms with Gasteiger partial charge in [0.25, 0.3) is 0 Å². The molecule has 0 unspecified atom stereocenters. The topological polar surface area (TPSA) is 69.0 Å². The van der Waals surface area contributed by atoms with E-state index in [1.807, 2.05) is 13.8 Å². The van der Waals surface area contributed by atoms with Gasteiger partial charge in [-0.3, -0.25) is 4.79 Å². The molecule has 1 aromatic heterocycles. The van der Waals surface area contributed by atoms with Crippen LogP contribution < -0.4 is 5.32 Å². The van der Waals surface area contributed by atoms with Crippen molar-refractivity contribution in [3.05, 3.63) is 11.9 Å². The summed E-state index contributed by atoms with van der Waals surface area (Å²) in [7, 11) is 1.61. The van der Waals surface area contributed by atoms with Crippen LogP contribution in [0, 0.1) is 0 Å². The molecule has 0 bridgehead atoms. The van der Waals surface area contributed by atoms with Crippen LogP contribution >= 0.6 is 0 Å². The van der Waals surface area contributed by atoms with Crippen molar-refractivity contribution in [1.82, 2.24) is 20.3 Å². The predicted molar refractivity (Wildman–Crippen MR) is 58.7 cm³/mol. The minimum atomic E-state index is -0.0181. The standard InChI is InChI=1S/C10H18N4O2/c1-8(2)14-9(6-12-13-14)7-16-5-4-10(15)11-3/h6,8H,4-5,7H2,1-3H3,(H,11,15). The molecule has 0 aromatic carbocycles. The van der Waals surface area contributed by atoms with E-state index in [2.05, 4.69) is 15.6 Å². The van der Waals surface area contributed by atoms with Crippen LogP contribution in [0.4, 0.5) is 0 Å². The van der Waals surface area contributed by atoms with Crippen LogP contribution in [-0.4, -0.2) is 34.6 Å². The Kier molecular flexibility index (Phi) is 4.91. The first kappa shape index (κ1) is 12.6. The van der Waals surface area contributed by atoms with Gasteiger partial charge < -0.3 is 10.1 Å². The molecule has 90 valence electrons. The second-order valence-corrected chi connectivity index (χ2v) is 3.74. The van der Waals surface area contributed by atoms with Crippen molar-refractivity contribution in [2.45, 2.75) is 32.9 Å². The molecular weight excluding hydrogens is 208 g/mol. The summed E-state index contributed by atoms with van der Waals surface area (Å²) in [4.78, 5) is 10.9. The maximum Gasteiger partial charge on any atom is 0.222 e. The SMILES string of the molecule is CNC(=O)CCOCc1cnnn1C(C)C. The van der Waals surface area contributed by atoms with E-state index in [4.69, 9.17) is 4.74 Å². The normalized spacial score (nSPS) is 10.8. The summed E-state index contributed by atoms with van der Waals surface area (Å²) < 4.78 is 7.19. The van der Waals surface area contributed by atoms with Gasteiger partial charge in [-0.05, 0) is 13.8 Å². The van der Waals surface area contributed by atoms with Gasteiger partial charge in [0, 0.05) is 19.5 Å². The highest BCUT2D eigenvalue weighted by Gasteiger charge is 2.07. The van der Waals surface area contributed by atoms with Crippen LogP contribution in [0.25, 0.3) is 0 Å². The summed E-state index contributed by atoms with van der Waals surface area (Å²) >= 11 is 0. The third-order valence-corrected chi connectivity index (χ3v) is 2.14. The van der Waals surface area contributed by atoms with Gasteiger partial charge in [-0.2, -0.15) is 0 Å². The Morgan fingerprint density at radius 2 is 2.38 bits per heavy atom. The smallest absolute Gasteiger partial charge is 0.222 e. The highest BCUT2D eigenvalue weighted by atomic mass is 16.5. The summed E-state index contributed by atoms with van der Waals surface area (Å²) in [6.45, 7) is 4.90. The van der Waals surface area contributed by atoms with E-state index >= 15 is 0 Å². The van der Waals surface area contributed by atoms with Gasteiger partial charge in [0.1, 0.15) is 0 Å². The third-order valence-electron chi connectivity index (χ3n) is 2.14. The first-order valence-corrected chi connectivity index (χ1v) is 5.32. The number of hydrogen-bond acceptors (Lipinski definition) is 4. The quantitative estimate of drug-likeness (QED) is 0.718. The van der Waals surface area contributed by atoms with E-state index in [-0.39, 0.29) is 11.9 Å². The Balaban J connectivity index is 2.32. The summed E-state index contributed by atoms with van der Waals surface area (Å²) in [5.41, 5.74) is 0.923. The fraction of sp³-hybridized carbons (Fsp3) is 0.700. The van der Waals surface area contributed by atoms with Gasteiger partial charge >= 0.3 is 0 Å². The molecule has 1 amide bonds. The Labute approximate surface area is 95.0 Å². The van der Waals surface area contributed by atoms with Gasteiger partial charge in [0.2, 0.25) is 5.91 Å². The highest BCUT2D eigenvalue weighted by Crippen LogP contribution is 2.07. The van der Waals surface area contributed by atoms with Crippen molar-refractivity contribution < 1.29 is 9.53 Å². The summed E-state index contributed by atoms with van der Waals surface area (Å²) in [5.74, 6) is -0.0181. The highest BCUT2D eigenvalue weighted by molar-refractivity contribution is 5.75. The van der Waals surface area contributed by atoms with Crippen molar-refractivity contribution >= 4 is 5.91 Å². The second-order valence-electron chi connectivity index (χ2n) is 3.74. The molecule has 6 heteroatoms. The van der Waals surface area contributed by atoms with Crippen LogP contribution in [0.3, 0.4) is 0 Å². The first-order chi connectivity index (χ1) is 7.65. The lowest BCUT2D eigenvalue weighted by Gasteiger charge is -2.09. The summed E-state index contributed by atoms with van der Waals surface area (Å²) in [6, 6.07) is 0.264. The van der Waals surface area contributed by atoms with Crippen LogP contribution in [0.5, 0.6) is 0 Å². The van der Waals surface area contributed by atoms with E-state index in [0.717, 1.165) is 5.69 Å². The number of carbonyl (C=O) groups excluding carboxylic acids is 1. The Bertz CT molecular complexity index is 335. The minimum Gasteiger partial charge on any atom is -0.375 e. The fourth-order valence-corrected chi connectivity index (χ4v) is 1.27. The Hall–Kier alpha value is -1.43. The van der Waals surface area contributed by atoms with Crippen molar-refractivity contribution in [1.29, 1.82) is 0 Å². The van der Waals surface area contributed by atoms with Crippen molar-refractivity contribution in [2.24, 2.45) is 0 Å². The van der Waals surface area contributed by atoms with Gasteiger partial charge in [0.05, 0.1) is 25.1 Å². The average molecular weight is 226 g/mol. The minimum absolute atomic E-state index is 0.0181. The number of rotatable bonds is 6. The van der Waals surface area contributed by atoms with E-state index in [9.17, 15) is 4.79 Å². The van der Waals surface area contributed by atoms with E-state index in [1.165, 1.54) is 0 Å². The third kappa shape index (κ3) is 3.62. The molecule has 0 aliphatic carbocycles. The molecule has 0 fully saturated rings. The molecule has 0 saturated heterocycles. The lowest BCUT2D eigenvalue weighted by Crippen LogP contribution is -2.19. The molecule has 0 spiro atoms. The maximum absolute atomic E-state index is 10.9. The molecule has 1 N–H and O–H groups in total. The number of aromatic nitrogens is 3. The predicted octanol–water partition coefficient (Wildman–Crippen LogP) is 0.512. The van der Waals surface area contributed by atoms with Crippen molar-refractivity contribution in [3.8, 4) is 0 Å². The summed E-state index contributed by atoms with van der Waals surface area (Å²) in [6.07, 6.45) is 2.06. The zero-order valence-electron chi connectivity index (χ0n) is 9.93. The van der Waals surface area contributed by atoms with Crippen molar-refractivity contribution in [3.63, 3.8) is 0 Å². The van der Waals surface area contributed by atoms with E-state index in [1.54, 1.807) is 17.9 Å². The zero-order chi connectivity index (χ0) is 12.0. The lowest BCUT2D eigenvalue weighted by atomic mass is 10.3. The number of ether oxygens (including phenoxy) is 1. The molecule has 6 nitrogen and oxygen atoms in total. The van der Waals surface area contributed by atoms with Gasteiger partial charge in [-0.25, -0.2) is 4.68 Å². The van der Waals surface area contributed by atoms with Crippen molar-refractivity contribution in [2.75, 3.05) is 13.7 Å². The van der Waals surface area contributed by atoms with E-state index in [0.29, 0.717) is 19.6 Å². The lowest BCUT2D eigenvalue weighted by molar-refractivity contribution is -0.121. The summed E-state index contributed by atoms with van der Waals surface area (Å²) in [5, 5.41) is 10.3. The first-order valence-electron chi connectivity index (χ1n) is 5.32. The molecule has 0 radical (unpaired) electrons. The average Bonchev–Trinajstić information content (AvgIpc) is 2.72. The van der Waals surface area contributed by atoms with Crippen LogP contribution in [0.1, 0.15) is 32.0 Å². The van der Waals surface area contributed by atoms with Crippen LogP contribution in [0.2, 0.25) is 0 Å².